The number of rotatable bonds is 6. The van der Waals surface area contributed by atoms with Crippen LogP contribution in [0.15, 0.2) is 46.1 Å². The third kappa shape index (κ3) is 4.23. The Balaban J connectivity index is 1.64. The first kappa shape index (κ1) is 21.2. The second-order valence-corrected chi connectivity index (χ2v) is 7.57. The number of aromatic nitrogens is 2. The summed E-state index contributed by atoms with van der Waals surface area (Å²) < 4.78 is 11.2. The van der Waals surface area contributed by atoms with Crippen LogP contribution in [0.1, 0.15) is 44.7 Å². The molecule has 1 aliphatic rings. The topological polar surface area (TPSA) is 91.2 Å². The van der Waals surface area contributed by atoms with Gasteiger partial charge in [-0.25, -0.2) is 9.64 Å². The summed E-state index contributed by atoms with van der Waals surface area (Å²) in [5.74, 6) is 0.932. The van der Waals surface area contributed by atoms with Crippen molar-refractivity contribution in [3.05, 3.63) is 58.9 Å². The van der Waals surface area contributed by atoms with Gasteiger partial charge in [-0.1, -0.05) is 35.4 Å². The number of ether oxygens (including phenoxy) is 1. The average molecular weight is 430 g/mol. The Bertz CT molecular complexity index is 1240. The number of benzene rings is 2. The fourth-order valence-corrected chi connectivity index (χ4v) is 3.52. The molecule has 1 aliphatic carbocycles. The lowest BCUT2D eigenvalue weighted by atomic mass is 10.0. The van der Waals surface area contributed by atoms with E-state index in [2.05, 4.69) is 20.1 Å². The molecular weight excluding hydrogens is 408 g/mol. The Morgan fingerprint density at radius 2 is 2.06 bits per heavy atom. The molecule has 0 N–H and O–H groups in total. The third-order valence-corrected chi connectivity index (χ3v) is 5.00. The second-order valence-electron chi connectivity index (χ2n) is 7.57. The normalized spacial score (nSPS) is 13.8. The van der Waals surface area contributed by atoms with Crippen LogP contribution in [-0.2, 0) is 16.1 Å². The van der Waals surface area contributed by atoms with Gasteiger partial charge in [0.1, 0.15) is 5.75 Å². The number of hydrogen-bond acceptors (Lipinski definition) is 7. The van der Waals surface area contributed by atoms with Gasteiger partial charge in [0.25, 0.3) is 5.89 Å². The van der Waals surface area contributed by atoms with Gasteiger partial charge >= 0.3 is 5.97 Å². The van der Waals surface area contributed by atoms with Crippen molar-refractivity contribution in [2.45, 2.75) is 46.1 Å². The first-order valence-corrected chi connectivity index (χ1v) is 10.4. The Kier molecular flexibility index (Phi) is 5.99. The molecule has 0 fully saturated rings. The number of nitrogens with zero attached hydrogens (tertiary/aromatic N) is 4. The van der Waals surface area contributed by atoms with E-state index in [-0.39, 0.29) is 18.5 Å². The molecule has 0 bridgehead atoms. The summed E-state index contributed by atoms with van der Waals surface area (Å²) in [6.45, 7) is 13.0. The largest absolute Gasteiger partial charge is 0.502 e. The molecule has 0 saturated heterocycles. The first-order valence-electron chi connectivity index (χ1n) is 10.4. The summed E-state index contributed by atoms with van der Waals surface area (Å²) in [6.07, 6.45) is 1.64. The fraction of sp³-hybridized carbons (Fsp3) is 0.292. The van der Waals surface area contributed by atoms with Crippen LogP contribution in [0.2, 0.25) is 0 Å². The molecule has 8 heteroatoms. The van der Waals surface area contributed by atoms with Gasteiger partial charge in [0, 0.05) is 23.1 Å². The Labute approximate surface area is 185 Å². The molecule has 1 aromatic heterocycles. The van der Waals surface area contributed by atoms with Gasteiger partial charge < -0.3 is 14.1 Å². The molecular formula is C24H22N4O4. The average Bonchev–Trinajstić information content (AvgIpc) is 3.44. The van der Waals surface area contributed by atoms with E-state index in [0.29, 0.717) is 35.1 Å². The maximum Gasteiger partial charge on any atom is 0.334 e. The standard InChI is InChI=1S/C24H22N4O4/c1-5-22(29)31-27-19-11-10-16-17(19)7-6-8-18(16)23-26-24(32-28-23)15-9-12-21(30-14(2)3)20(13-15)25-4/h6-9,12-14H,5,10-11H2,1-3H3/b27-19-. The number of hydrogen-bond donors (Lipinski definition) is 0. The van der Waals surface area contributed by atoms with Crippen LogP contribution in [0, 0.1) is 6.57 Å². The van der Waals surface area contributed by atoms with Crippen molar-refractivity contribution in [2.24, 2.45) is 5.16 Å². The summed E-state index contributed by atoms with van der Waals surface area (Å²) in [5.41, 5.74) is 4.56. The molecule has 0 saturated carbocycles. The monoisotopic (exact) mass is 430 g/mol. The van der Waals surface area contributed by atoms with E-state index in [1.807, 2.05) is 32.0 Å². The van der Waals surface area contributed by atoms with Crippen molar-refractivity contribution in [1.29, 1.82) is 0 Å². The van der Waals surface area contributed by atoms with Crippen molar-refractivity contribution >= 4 is 17.4 Å². The van der Waals surface area contributed by atoms with Crippen molar-refractivity contribution in [3.63, 3.8) is 0 Å². The Hall–Kier alpha value is -3.99. The van der Waals surface area contributed by atoms with Crippen LogP contribution < -0.4 is 4.74 Å². The Morgan fingerprint density at radius 3 is 2.81 bits per heavy atom. The molecule has 2 aromatic carbocycles. The number of fused-ring (bicyclic) bond motifs is 1. The van der Waals surface area contributed by atoms with E-state index in [1.165, 1.54) is 0 Å². The minimum Gasteiger partial charge on any atom is -0.502 e. The Morgan fingerprint density at radius 1 is 1.25 bits per heavy atom. The summed E-state index contributed by atoms with van der Waals surface area (Å²) in [7, 11) is 0. The van der Waals surface area contributed by atoms with Crippen LogP contribution in [0.5, 0.6) is 5.75 Å². The maximum absolute atomic E-state index is 11.4. The summed E-state index contributed by atoms with van der Waals surface area (Å²) in [5, 5.41) is 8.19. The van der Waals surface area contributed by atoms with E-state index in [4.69, 9.17) is 20.7 Å². The molecule has 32 heavy (non-hydrogen) atoms. The third-order valence-electron chi connectivity index (χ3n) is 5.00. The molecule has 8 nitrogen and oxygen atoms in total. The lowest BCUT2D eigenvalue weighted by molar-refractivity contribution is -0.143. The van der Waals surface area contributed by atoms with E-state index >= 15 is 0 Å². The van der Waals surface area contributed by atoms with Crippen LogP contribution in [-0.4, -0.2) is 27.9 Å². The van der Waals surface area contributed by atoms with Gasteiger partial charge in [-0.15, -0.1) is 0 Å². The highest BCUT2D eigenvalue weighted by Crippen LogP contribution is 2.35. The molecule has 0 atom stereocenters. The van der Waals surface area contributed by atoms with Crippen molar-refractivity contribution in [1.82, 2.24) is 10.1 Å². The van der Waals surface area contributed by atoms with Gasteiger partial charge in [0.05, 0.1) is 18.4 Å². The first-order chi connectivity index (χ1) is 15.5. The predicted molar refractivity (Wildman–Crippen MR) is 118 cm³/mol. The lowest BCUT2D eigenvalue weighted by Crippen LogP contribution is -2.05. The molecule has 0 radical (unpaired) electrons. The SMILES string of the molecule is [C-]#[N+]c1cc(-c2nc(-c3cccc4c3CC/C4=N/OC(=O)CC)no2)ccc1OC(C)C. The predicted octanol–water partition coefficient (Wildman–Crippen LogP) is 5.35. The minimum absolute atomic E-state index is 0.0320. The fourth-order valence-electron chi connectivity index (χ4n) is 3.52. The zero-order valence-electron chi connectivity index (χ0n) is 18.1. The van der Waals surface area contributed by atoms with Crippen LogP contribution in [0.4, 0.5) is 5.69 Å². The van der Waals surface area contributed by atoms with Crippen LogP contribution in [0.25, 0.3) is 27.7 Å². The molecule has 0 spiro atoms. The highest BCUT2D eigenvalue weighted by Gasteiger charge is 2.24. The molecule has 1 heterocycles. The minimum atomic E-state index is -0.367. The quantitative estimate of drug-likeness (QED) is 0.298. The zero-order chi connectivity index (χ0) is 22.7. The van der Waals surface area contributed by atoms with E-state index in [0.717, 1.165) is 28.8 Å². The van der Waals surface area contributed by atoms with Crippen molar-refractivity contribution in [2.75, 3.05) is 0 Å². The highest BCUT2D eigenvalue weighted by atomic mass is 16.7. The summed E-state index contributed by atoms with van der Waals surface area (Å²) in [6, 6.07) is 11.0. The van der Waals surface area contributed by atoms with E-state index in [1.54, 1.807) is 25.1 Å². The number of oxime groups is 1. The maximum atomic E-state index is 11.4. The van der Waals surface area contributed by atoms with Crippen molar-refractivity contribution in [3.8, 4) is 28.6 Å². The van der Waals surface area contributed by atoms with Gasteiger partial charge in [0.2, 0.25) is 11.5 Å². The molecule has 0 amide bonds. The van der Waals surface area contributed by atoms with Crippen LogP contribution >= 0.6 is 0 Å². The van der Waals surface area contributed by atoms with E-state index in [9.17, 15) is 4.79 Å². The number of carbonyl (C=O) groups is 1. The van der Waals surface area contributed by atoms with Gasteiger partial charge in [-0.05, 0) is 50.5 Å². The molecule has 3 aromatic rings. The molecule has 162 valence electrons. The van der Waals surface area contributed by atoms with Crippen LogP contribution in [0.3, 0.4) is 0 Å². The summed E-state index contributed by atoms with van der Waals surface area (Å²) in [4.78, 5) is 24.5. The van der Waals surface area contributed by atoms with E-state index < -0.39 is 0 Å². The number of carbonyl (C=O) groups excluding carboxylic acids is 1. The second kappa shape index (κ2) is 9.02. The van der Waals surface area contributed by atoms with Gasteiger partial charge in [-0.2, -0.15) is 4.98 Å². The lowest BCUT2D eigenvalue weighted by Gasteiger charge is -2.11. The smallest absolute Gasteiger partial charge is 0.334 e. The van der Waals surface area contributed by atoms with Crippen molar-refractivity contribution < 1.29 is 18.9 Å². The zero-order valence-corrected chi connectivity index (χ0v) is 18.1. The summed E-state index contributed by atoms with van der Waals surface area (Å²) >= 11 is 0. The van der Waals surface area contributed by atoms with Gasteiger partial charge in [-0.3, -0.25) is 0 Å². The molecule has 0 aliphatic heterocycles. The molecule has 0 unspecified atom stereocenters. The molecule has 4 rings (SSSR count). The highest BCUT2D eigenvalue weighted by molar-refractivity contribution is 6.05. The van der Waals surface area contributed by atoms with Gasteiger partial charge in [0.15, 0.2) is 0 Å².